The van der Waals surface area contributed by atoms with E-state index in [1.165, 1.54) is 0 Å². The lowest BCUT2D eigenvalue weighted by Gasteiger charge is -1.98. The van der Waals surface area contributed by atoms with E-state index in [9.17, 15) is 4.79 Å². The van der Waals surface area contributed by atoms with Gasteiger partial charge in [0.15, 0.2) is 0 Å². The highest BCUT2D eigenvalue weighted by Gasteiger charge is 2.00. The number of hydrogen-bond donors (Lipinski definition) is 0. The minimum atomic E-state index is 0.274. The van der Waals surface area contributed by atoms with E-state index in [0.29, 0.717) is 19.3 Å². The number of hydrogen-bond acceptors (Lipinski definition) is 1. The molecule has 0 N–H and O–H groups in total. The van der Waals surface area contributed by atoms with Crippen molar-refractivity contribution in [3.8, 4) is 0 Å². The van der Waals surface area contributed by atoms with Crippen LogP contribution >= 0.6 is 0 Å². The zero-order valence-electron chi connectivity index (χ0n) is 7.12. The smallest absolute Gasteiger partial charge is 0.137 e. The average Bonchev–Trinajstić information content (AvgIpc) is 2.06. The molecule has 1 rings (SSSR count). The van der Waals surface area contributed by atoms with Crippen molar-refractivity contribution >= 4 is 5.78 Å². The van der Waals surface area contributed by atoms with E-state index in [1.807, 2.05) is 30.3 Å². The minimum absolute atomic E-state index is 0.274. The first-order valence-corrected chi connectivity index (χ1v) is 4.18. The Morgan fingerprint density at radius 2 is 1.92 bits per heavy atom. The number of carbonyl (C=O) groups excluding carboxylic acids is 1. The highest BCUT2D eigenvalue weighted by molar-refractivity contribution is 5.80. The maximum absolute atomic E-state index is 11.2. The van der Waals surface area contributed by atoms with Gasteiger partial charge in [-0.05, 0) is 12.0 Å². The van der Waals surface area contributed by atoms with Crippen LogP contribution in [0.25, 0.3) is 0 Å². The van der Waals surface area contributed by atoms with Crippen LogP contribution in [0.15, 0.2) is 30.3 Å². The van der Waals surface area contributed by atoms with E-state index in [4.69, 9.17) is 0 Å². The summed E-state index contributed by atoms with van der Waals surface area (Å²) < 4.78 is 0. The van der Waals surface area contributed by atoms with Gasteiger partial charge in [0.25, 0.3) is 0 Å². The Labute approximate surface area is 73.4 Å². The molecule has 0 unspecified atom stereocenters. The fraction of sp³-hybridized carbons (Fsp3) is 0.273. The summed E-state index contributed by atoms with van der Waals surface area (Å²) in [7, 11) is 0. The lowest BCUT2D eigenvalue weighted by Crippen LogP contribution is -2.01. The van der Waals surface area contributed by atoms with Crippen molar-refractivity contribution in [3.63, 3.8) is 0 Å². The van der Waals surface area contributed by atoms with Crippen molar-refractivity contribution in [3.05, 3.63) is 42.8 Å². The molecule has 63 valence electrons. The lowest BCUT2D eigenvalue weighted by molar-refractivity contribution is -0.118. The third-order valence-electron chi connectivity index (χ3n) is 1.70. The molecular formula is C11H13O. The summed E-state index contributed by atoms with van der Waals surface area (Å²) in [6, 6.07) is 9.80. The summed E-state index contributed by atoms with van der Waals surface area (Å²) >= 11 is 0. The third-order valence-corrected chi connectivity index (χ3v) is 1.70. The predicted octanol–water partition coefficient (Wildman–Crippen LogP) is 2.41. The molecule has 12 heavy (non-hydrogen) atoms. The Bertz CT molecular complexity index is 238. The van der Waals surface area contributed by atoms with Gasteiger partial charge in [0, 0.05) is 12.8 Å². The molecule has 1 heteroatoms. The molecule has 0 saturated heterocycles. The van der Waals surface area contributed by atoms with Crippen LogP contribution in [0.2, 0.25) is 0 Å². The molecule has 0 bridgehead atoms. The van der Waals surface area contributed by atoms with Crippen LogP contribution in [-0.2, 0) is 11.2 Å². The maximum atomic E-state index is 11.2. The Kier molecular flexibility index (Phi) is 3.52. The monoisotopic (exact) mass is 161 g/mol. The average molecular weight is 161 g/mol. The Balaban J connectivity index is 2.47. The quantitative estimate of drug-likeness (QED) is 0.662. The highest BCUT2D eigenvalue weighted by atomic mass is 16.1. The largest absolute Gasteiger partial charge is 0.299 e. The van der Waals surface area contributed by atoms with Crippen LogP contribution in [0.5, 0.6) is 0 Å². The van der Waals surface area contributed by atoms with Crippen molar-refractivity contribution in [2.45, 2.75) is 19.3 Å². The summed E-state index contributed by atoms with van der Waals surface area (Å²) in [6.07, 6.45) is 1.84. The van der Waals surface area contributed by atoms with Crippen molar-refractivity contribution in [1.82, 2.24) is 0 Å². The zero-order chi connectivity index (χ0) is 8.81. The first-order chi connectivity index (χ1) is 5.83. The number of benzene rings is 1. The second-order valence-corrected chi connectivity index (χ2v) is 2.80. The Hall–Kier alpha value is -1.11. The van der Waals surface area contributed by atoms with Gasteiger partial charge in [-0.25, -0.2) is 0 Å². The molecule has 1 aromatic carbocycles. The van der Waals surface area contributed by atoms with Gasteiger partial charge in [-0.3, -0.25) is 4.79 Å². The van der Waals surface area contributed by atoms with Gasteiger partial charge in [0.2, 0.25) is 0 Å². The molecule has 1 radical (unpaired) electrons. The maximum Gasteiger partial charge on any atom is 0.137 e. The molecule has 1 nitrogen and oxygen atoms in total. The summed E-state index contributed by atoms with van der Waals surface area (Å²) in [4.78, 5) is 11.2. The number of carbonyl (C=O) groups is 1. The molecule has 0 heterocycles. The molecular weight excluding hydrogens is 148 g/mol. The molecule has 0 aliphatic carbocycles. The molecule has 0 fully saturated rings. The van der Waals surface area contributed by atoms with Gasteiger partial charge in [0.1, 0.15) is 5.78 Å². The molecule has 0 spiro atoms. The molecule has 0 aliphatic heterocycles. The second kappa shape index (κ2) is 4.70. The van der Waals surface area contributed by atoms with E-state index in [0.717, 1.165) is 5.56 Å². The van der Waals surface area contributed by atoms with E-state index < -0.39 is 0 Å². The molecule has 0 aliphatic rings. The molecule has 0 atom stereocenters. The molecule has 0 saturated carbocycles. The van der Waals surface area contributed by atoms with Gasteiger partial charge in [-0.2, -0.15) is 0 Å². The van der Waals surface area contributed by atoms with Crippen LogP contribution in [0.3, 0.4) is 0 Å². The Morgan fingerprint density at radius 1 is 1.25 bits per heavy atom. The normalized spacial score (nSPS) is 9.75. The van der Waals surface area contributed by atoms with Crippen LogP contribution in [-0.4, -0.2) is 5.78 Å². The van der Waals surface area contributed by atoms with E-state index in [2.05, 4.69) is 6.92 Å². The molecule has 0 aromatic heterocycles. The fourth-order valence-electron chi connectivity index (χ4n) is 1.11. The SMILES string of the molecule is [CH2]CCC(=O)Cc1ccccc1. The highest BCUT2D eigenvalue weighted by Crippen LogP contribution is 2.02. The van der Waals surface area contributed by atoms with Gasteiger partial charge < -0.3 is 0 Å². The standard InChI is InChI=1S/C11H13O/c1-2-6-11(12)9-10-7-4-3-5-8-10/h3-5,7-8H,1-2,6,9H2. The van der Waals surface area contributed by atoms with E-state index >= 15 is 0 Å². The van der Waals surface area contributed by atoms with Crippen LogP contribution in [0.4, 0.5) is 0 Å². The van der Waals surface area contributed by atoms with Gasteiger partial charge in [0.05, 0.1) is 0 Å². The predicted molar refractivity (Wildman–Crippen MR) is 49.7 cm³/mol. The minimum Gasteiger partial charge on any atom is -0.299 e. The zero-order valence-corrected chi connectivity index (χ0v) is 7.12. The first-order valence-electron chi connectivity index (χ1n) is 4.18. The van der Waals surface area contributed by atoms with Gasteiger partial charge in [-0.1, -0.05) is 37.3 Å². The van der Waals surface area contributed by atoms with Crippen molar-refractivity contribution in [2.75, 3.05) is 0 Å². The van der Waals surface area contributed by atoms with Crippen LogP contribution in [0.1, 0.15) is 18.4 Å². The molecule has 0 amide bonds. The summed E-state index contributed by atoms with van der Waals surface area (Å²) in [6.45, 7) is 3.65. The number of rotatable bonds is 4. The summed E-state index contributed by atoms with van der Waals surface area (Å²) in [5.74, 6) is 0.274. The van der Waals surface area contributed by atoms with Crippen LogP contribution in [0, 0.1) is 6.92 Å². The number of ketones is 1. The van der Waals surface area contributed by atoms with Crippen molar-refractivity contribution in [2.24, 2.45) is 0 Å². The summed E-state index contributed by atoms with van der Waals surface area (Å²) in [5.41, 5.74) is 1.09. The second-order valence-electron chi connectivity index (χ2n) is 2.80. The lowest BCUT2D eigenvalue weighted by atomic mass is 10.1. The topological polar surface area (TPSA) is 17.1 Å². The third kappa shape index (κ3) is 2.87. The first kappa shape index (κ1) is 8.98. The Morgan fingerprint density at radius 3 is 2.50 bits per heavy atom. The van der Waals surface area contributed by atoms with Crippen molar-refractivity contribution < 1.29 is 4.79 Å². The van der Waals surface area contributed by atoms with Crippen molar-refractivity contribution in [1.29, 1.82) is 0 Å². The van der Waals surface area contributed by atoms with Gasteiger partial charge >= 0.3 is 0 Å². The van der Waals surface area contributed by atoms with E-state index in [-0.39, 0.29) is 5.78 Å². The van der Waals surface area contributed by atoms with E-state index in [1.54, 1.807) is 0 Å². The fourth-order valence-corrected chi connectivity index (χ4v) is 1.11. The van der Waals surface area contributed by atoms with Gasteiger partial charge in [-0.15, -0.1) is 0 Å². The molecule has 1 aromatic rings. The van der Waals surface area contributed by atoms with Crippen LogP contribution < -0.4 is 0 Å². The summed E-state index contributed by atoms with van der Waals surface area (Å²) in [5, 5.41) is 0. The number of Topliss-reactive ketones (excluding diaryl/α,β-unsaturated/α-hetero) is 1.